The molecule has 0 amide bonds. The molecule has 1 aliphatic heterocycles. The number of nitrogens with zero attached hydrogens (tertiary/aromatic N) is 5. The summed E-state index contributed by atoms with van der Waals surface area (Å²) in [5.41, 5.74) is 1.08. The molecule has 1 unspecified atom stereocenters. The molecule has 1 saturated heterocycles. The topological polar surface area (TPSA) is 79.4 Å². The number of rotatable bonds is 6. The van der Waals surface area contributed by atoms with Crippen molar-refractivity contribution < 1.29 is 4.52 Å². The maximum absolute atomic E-state index is 5.31. The van der Waals surface area contributed by atoms with Crippen molar-refractivity contribution in [3.05, 3.63) is 30.2 Å². The van der Waals surface area contributed by atoms with Gasteiger partial charge in [0, 0.05) is 39.3 Å². The van der Waals surface area contributed by atoms with E-state index in [-0.39, 0.29) is 0 Å². The first-order valence-electron chi connectivity index (χ1n) is 9.83. The van der Waals surface area contributed by atoms with Gasteiger partial charge in [-0.25, -0.2) is 0 Å². The third-order valence-electron chi connectivity index (χ3n) is 5.13. The molecule has 3 rings (SSSR count). The molecule has 1 aliphatic rings. The van der Waals surface area contributed by atoms with E-state index in [1.54, 1.807) is 6.20 Å². The molecule has 1 fully saturated rings. The van der Waals surface area contributed by atoms with Crippen LogP contribution >= 0.6 is 0 Å². The summed E-state index contributed by atoms with van der Waals surface area (Å²) in [6, 6.07) is 5.63. The van der Waals surface area contributed by atoms with Gasteiger partial charge in [-0.15, -0.1) is 0 Å². The molecule has 146 valence electrons. The lowest BCUT2D eigenvalue weighted by Gasteiger charge is -2.42. The second kappa shape index (κ2) is 8.97. The fourth-order valence-corrected chi connectivity index (χ4v) is 3.87. The smallest absolute Gasteiger partial charge is 0.276 e. The van der Waals surface area contributed by atoms with Gasteiger partial charge in [-0.2, -0.15) is 4.98 Å². The van der Waals surface area contributed by atoms with Crippen LogP contribution in [0.25, 0.3) is 11.6 Å². The minimum atomic E-state index is 0.385. The van der Waals surface area contributed by atoms with Gasteiger partial charge in [0.2, 0.25) is 0 Å². The summed E-state index contributed by atoms with van der Waals surface area (Å²) in [7, 11) is 1.85. The Labute approximate surface area is 161 Å². The minimum absolute atomic E-state index is 0.385. The molecule has 0 saturated carbocycles. The first kappa shape index (κ1) is 19.3. The summed E-state index contributed by atoms with van der Waals surface area (Å²) in [6.07, 6.45) is 7.40. The molecular weight excluding hydrogens is 340 g/mol. The van der Waals surface area contributed by atoms with Crippen LogP contribution in [0.1, 0.15) is 45.4 Å². The fourth-order valence-electron chi connectivity index (χ4n) is 3.87. The highest BCUT2D eigenvalue weighted by Crippen LogP contribution is 2.33. The highest BCUT2D eigenvalue weighted by Gasteiger charge is 2.31. The van der Waals surface area contributed by atoms with Crippen molar-refractivity contribution in [1.82, 2.24) is 25.3 Å². The Morgan fingerprint density at radius 3 is 3.04 bits per heavy atom. The number of aliphatic imine (C=N–C) groups is 1. The highest BCUT2D eigenvalue weighted by molar-refractivity contribution is 5.80. The quantitative estimate of drug-likeness (QED) is 0.621. The Morgan fingerprint density at radius 2 is 2.30 bits per heavy atom. The molecular formula is C20H30N6O. The van der Waals surface area contributed by atoms with Crippen LogP contribution in [-0.2, 0) is 6.42 Å². The zero-order valence-electron chi connectivity index (χ0n) is 16.6. The van der Waals surface area contributed by atoms with Gasteiger partial charge in [-0.3, -0.25) is 9.98 Å². The van der Waals surface area contributed by atoms with E-state index in [1.165, 1.54) is 25.7 Å². The molecule has 27 heavy (non-hydrogen) atoms. The van der Waals surface area contributed by atoms with Crippen LogP contribution in [0.3, 0.4) is 0 Å². The molecule has 0 bridgehead atoms. The van der Waals surface area contributed by atoms with Gasteiger partial charge in [0.05, 0.1) is 0 Å². The second-order valence-electron chi connectivity index (χ2n) is 7.54. The van der Waals surface area contributed by atoms with E-state index in [9.17, 15) is 0 Å². The number of likely N-dealkylation sites (tertiary alicyclic amines) is 1. The van der Waals surface area contributed by atoms with E-state index in [4.69, 9.17) is 4.52 Å². The first-order valence-corrected chi connectivity index (χ1v) is 9.83. The lowest BCUT2D eigenvalue weighted by Crippen LogP contribution is -2.50. The van der Waals surface area contributed by atoms with Crippen LogP contribution in [0.4, 0.5) is 0 Å². The third-order valence-corrected chi connectivity index (χ3v) is 5.13. The van der Waals surface area contributed by atoms with Crippen LogP contribution in [-0.4, -0.2) is 52.7 Å². The van der Waals surface area contributed by atoms with Crippen molar-refractivity contribution >= 4 is 5.96 Å². The highest BCUT2D eigenvalue weighted by atomic mass is 16.5. The summed E-state index contributed by atoms with van der Waals surface area (Å²) in [5, 5.41) is 7.51. The van der Waals surface area contributed by atoms with Gasteiger partial charge in [0.1, 0.15) is 5.69 Å². The summed E-state index contributed by atoms with van der Waals surface area (Å²) < 4.78 is 5.31. The molecule has 1 N–H and O–H groups in total. The number of guanidine groups is 1. The summed E-state index contributed by atoms with van der Waals surface area (Å²) in [5.74, 6) is 2.10. The maximum Gasteiger partial charge on any atom is 0.276 e. The maximum atomic E-state index is 5.31. The SMILES string of the molecule is CCCC1(C)CCCN(C(=NC)NCCc2noc(-c3ccccn3)n2)C1. The zero-order valence-corrected chi connectivity index (χ0v) is 16.6. The monoisotopic (exact) mass is 370 g/mol. The Balaban J connectivity index is 1.52. The Morgan fingerprint density at radius 1 is 1.41 bits per heavy atom. The molecule has 7 heteroatoms. The predicted molar refractivity (Wildman–Crippen MR) is 106 cm³/mol. The molecule has 0 spiro atoms. The number of hydrogen-bond acceptors (Lipinski definition) is 5. The number of aromatic nitrogens is 3. The average Bonchev–Trinajstić information content (AvgIpc) is 3.15. The van der Waals surface area contributed by atoms with Crippen molar-refractivity contribution in [2.45, 2.75) is 46.0 Å². The molecule has 2 aromatic rings. The first-order chi connectivity index (χ1) is 13.1. The number of piperidine rings is 1. The fraction of sp³-hybridized carbons (Fsp3) is 0.600. The molecule has 2 aromatic heterocycles. The van der Waals surface area contributed by atoms with E-state index in [0.29, 0.717) is 29.2 Å². The predicted octanol–water partition coefficient (Wildman–Crippen LogP) is 3.15. The summed E-state index contributed by atoms with van der Waals surface area (Å²) in [6.45, 7) is 7.50. The van der Waals surface area contributed by atoms with Gasteiger partial charge in [-0.05, 0) is 36.8 Å². The van der Waals surface area contributed by atoms with Crippen molar-refractivity contribution in [2.75, 3.05) is 26.7 Å². The van der Waals surface area contributed by atoms with Crippen molar-refractivity contribution in [2.24, 2.45) is 10.4 Å². The van der Waals surface area contributed by atoms with Gasteiger partial charge in [-0.1, -0.05) is 31.5 Å². The number of nitrogens with one attached hydrogen (secondary N) is 1. The van der Waals surface area contributed by atoms with E-state index < -0.39 is 0 Å². The van der Waals surface area contributed by atoms with Crippen LogP contribution in [0.15, 0.2) is 33.9 Å². The van der Waals surface area contributed by atoms with Crippen LogP contribution in [0.5, 0.6) is 0 Å². The van der Waals surface area contributed by atoms with Gasteiger partial charge < -0.3 is 14.7 Å². The van der Waals surface area contributed by atoms with Crippen molar-refractivity contribution in [3.8, 4) is 11.6 Å². The standard InChI is InChI=1S/C20H30N6O/c1-4-10-20(2)11-7-14-26(15-20)19(21-3)23-13-9-17-24-18(27-25-17)16-8-5-6-12-22-16/h5-6,8,12H,4,7,9-11,13-15H2,1-3H3,(H,21,23). The molecule has 0 radical (unpaired) electrons. The molecule has 3 heterocycles. The second-order valence-corrected chi connectivity index (χ2v) is 7.54. The molecule has 1 atom stereocenters. The summed E-state index contributed by atoms with van der Waals surface area (Å²) >= 11 is 0. The average molecular weight is 371 g/mol. The lowest BCUT2D eigenvalue weighted by atomic mass is 9.78. The Bertz CT molecular complexity index is 740. The molecule has 7 nitrogen and oxygen atoms in total. The van der Waals surface area contributed by atoms with Crippen molar-refractivity contribution in [3.63, 3.8) is 0 Å². The van der Waals surface area contributed by atoms with E-state index in [1.807, 2.05) is 25.2 Å². The summed E-state index contributed by atoms with van der Waals surface area (Å²) in [4.78, 5) is 15.5. The Hall–Kier alpha value is -2.44. The van der Waals surface area contributed by atoms with E-state index in [0.717, 1.165) is 25.6 Å². The minimum Gasteiger partial charge on any atom is -0.356 e. The number of pyridine rings is 1. The van der Waals surface area contributed by atoms with Gasteiger partial charge in [0.15, 0.2) is 11.8 Å². The van der Waals surface area contributed by atoms with E-state index in [2.05, 4.69) is 44.2 Å². The van der Waals surface area contributed by atoms with Crippen LogP contribution in [0, 0.1) is 5.41 Å². The Kier molecular flexibility index (Phi) is 6.42. The van der Waals surface area contributed by atoms with Crippen LogP contribution < -0.4 is 5.32 Å². The largest absolute Gasteiger partial charge is 0.356 e. The third kappa shape index (κ3) is 5.05. The zero-order chi connectivity index (χ0) is 19.1. The van der Waals surface area contributed by atoms with Crippen molar-refractivity contribution in [1.29, 1.82) is 0 Å². The normalized spacial score (nSPS) is 20.7. The van der Waals surface area contributed by atoms with Crippen LogP contribution in [0.2, 0.25) is 0 Å². The van der Waals surface area contributed by atoms with E-state index >= 15 is 0 Å². The van der Waals surface area contributed by atoms with Gasteiger partial charge >= 0.3 is 0 Å². The molecule has 0 aromatic carbocycles. The van der Waals surface area contributed by atoms with Gasteiger partial charge in [0.25, 0.3) is 5.89 Å². The lowest BCUT2D eigenvalue weighted by molar-refractivity contribution is 0.142. The number of hydrogen-bond donors (Lipinski definition) is 1. The molecule has 0 aliphatic carbocycles.